The summed E-state index contributed by atoms with van der Waals surface area (Å²) in [6.07, 6.45) is 8.17. The van der Waals surface area contributed by atoms with Crippen LogP contribution in [-0.2, 0) is 4.79 Å². The minimum absolute atomic E-state index is 0.0703. The first-order valence-corrected chi connectivity index (χ1v) is 5.81. The van der Waals surface area contributed by atoms with E-state index in [2.05, 4.69) is 17.5 Å². The van der Waals surface area contributed by atoms with E-state index in [9.17, 15) is 4.79 Å². The fourth-order valence-corrected chi connectivity index (χ4v) is 2.27. The second-order valence-electron chi connectivity index (χ2n) is 5.40. The maximum Gasteiger partial charge on any atom is 0.252 e. The molecule has 3 nitrogen and oxygen atoms in total. The molecule has 2 N–H and O–H groups in total. The van der Waals surface area contributed by atoms with Crippen LogP contribution in [0.3, 0.4) is 0 Å². The number of amides is 1. The standard InChI is InChI=1S/C14H15NO2/c1-14(2,7-16)15-13(17)10-4-3-9-11-5-8(11)6-12(9)10/h3-6,11,16H,7H2,1-2H3,(H,15,17). The Morgan fingerprint density at radius 3 is 2.94 bits per heavy atom. The largest absolute Gasteiger partial charge is 0.394 e. The Bertz CT molecular complexity index is 532. The Hall–Kier alpha value is -1.61. The summed E-state index contributed by atoms with van der Waals surface area (Å²) >= 11 is 0. The molecule has 3 heteroatoms. The van der Waals surface area contributed by atoms with Crippen molar-refractivity contribution in [2.45, 2.75) is 19.4 Å². The summed E-state index contributed by atoms with van der Waals surface area (Å²) in [6.45, 7) is 3.54. The molecule has 1 amide bonds. The zero-order valence-electron chi connectivity index (χ0n) is 9.95. The first-order valence-electron chi connectivity index (χ1n) is 5.81. The van der Waals surface area contributed by atoms with Gasteiger partial charge in [-0.05, 0) is 42.7 Å². The van der Waals surface area contributed by atoms with E-state index >= 15 is 0 Å². The molecule has 0 heterocycles. The molecule has 0 aromatic heterocycles. The van der Waals surface area contributed by atoms with Crippen molar-refractivity contribution in [2.24, 2.45) is 5.92 Å². The molecule has 0 saturated carbocycles. The molecular formula is C14H15NO2. The highest BCUT2D eigenvalue weighted by Gasteiger charge is 2.39. The van der Waals surface area contributed by atoms with Gasteiger partial charge in [0.05, 0.1) is 12.1 Å². The molecule has 1 unspecified atom stereocenters. The predicted molar refractivity (Wildman–Crippen MR) is 65.1 cm³/mol. The van der Waals surface area contributed by atoms with Crippen LogP contribution in [0, 0.1) is 5.92 Å². The van der Waals surface area contributed by atoms with Crippen molar-refractivity contribution in [3.05, 3.63) is 46.6 Å². The number of aliphatic hydroxyl groups is 1. The van der Waals surface area contributed by atoms with Crippen LogP contribution in [0.4, 0.5) is 0 Å². The number of carbonyl (C=O) groups is 1. The summed E-state index contributed by atoms with van der Waals surface area (Å²) in [6, 6.07) is 0. The van der Waals surface area contributed by atoms with E-state index in [1.54, 1.807) is 13.8 Å². The lowest BCUT2D eigenvalue weighted by atomic mass is 10.0. The van der Waals surface area contributed by atoms with Gasteiger partial charge in [0.2, 0.25) is 0 Å². The number of hydrogen-bond donors (Lipinski definition) is 2. The van der Waals surface area contributed by atoms with Crippen LogP contribution in [0.25, 0.3) is 0 Å². The van der Waals surface area contributed by atoms with Gasteiger partial charge in [0, 0.05) is 11.5 Å². The van der Waals surface area contributed by atoms with Gasteiger partial charge in [-0.15, -0.1) is 0 Å². The van der Waals surface area contributed by atoms with E-state index in [0.29, 0.717) is 5.92 Å². The van der Waals surface area contributed by atoms with Crippen LogP contribution in [0.1, 0.15) is 13.8 Å². The van der Waals surface area contributed by atoms with Gasteiger partial charge in [0.15, 0.2) is 0 Å². The van der Waals surface area contributed by atoms with Crippen molar-refractivity contribution in [1.82, 2.24) is 5.32 Å². The molecule has 0 aliphatic heterocycles. The van der Waals surface area contributed by atoms with Gasteiger partial charge >= 0.3 is 0 Å². The molecule has 3 rings (SSSR count). The zero-order valence-corrected chi connectivity index (χ0v) is 9.95. The lowest BCUT2D eigenvalue weighted by Crippen LogP contribution is -2.46. The topological polar surface area (TPSA) is 49.3 Å². The summed E-state index contributed by atoms with van der Waals surface area (Å²) in [7, 11) is 0. The molecule has 1 atom stereocenters. The summed E-state index contributed by atoms with van der Waals surface area (Å²) in [5.41, 5.74) is 3.76. The lowest BCUT2D eigenvalue weighted by Gasteiger charge is -2.24. The van der Waals surface area contributed by atoms with Gasteiger partial charge < -0.3 is 10.4 Å². The second kappa shape index (κ2) is 3.20. The number of fused-ring (bicyclic) bond motifs is 3. The minimum atomic E-state index is -0.581. The third-order valence-electron chi connectivity index (χ3n) is 3.38. The summed E-state index contributed by atoms with van der Waals surface area (Å²) in [5.74, 6) is 0.362. The maximum atomic E-state index is 12.1. The zero-order chi connectivity index (χ0) is 12.2. The van der Waals surface area contributed by atoms with E-state index in [-0.39, 0.29) is 12.5 Å². The predicted octanol–water partition coefficient (Wildman–Crippen LogP) is 1.24. The van der Waals surface area contributed by atoms with E-state index in [1.165, 1.54) is 11.1 Å². The Balaban J connectivity index is 1.77. The number of hydrogen-bond acceptors (Lipinski definition) is 2. The van der Waals surface area contributed by atoms with Crippen molar-refractivity contribution in [1.29, 1.82) is 0 Å². The highest BCUT2D eigenvalue weighted by molar-refractivity contribution is 6.02. The SMILES string of the molecule is CC(C)(CO)NC(=O)C1=CC=C2C1=CC1=CC12. The van der Waals surface area contributed by atoms with Crippen LogP contribution in [0.5, 0.6) is 0 Å². The van der Waals surface area contributed by atoms with Gasteiger partial charge in [0.25, 0.3) is 5.91 Å². The molecule has 0 spiro atoms. The quantitative estimate of drug-likeness (QED) is 0.765. The molecule has 0 bridgehead atoms. The molecule has 17 heavy (non-hydrogen) atoms. The third-order valence-corrected chi connectivity index (χ3v) is 3.38. The Morgan fingerprint density at radius 2 is 2.24 bits per heavy atom. The monoisotopic (exact) mass is 229 g/mol. The summed E-state index contributed by atoms with van der Waals surface area (Å²) in [4.78, 5) is 12.1. The lowest BCUT2D eigenvalue weighted by molar-refractivity contribution is -0.119. The minimum Gasteiger partial charge on any atom is -0.394 e. The number of carbonyl (C=O) groups excluding carboxylic acids is 1. The highest BCUT2D eigenvalue weighted by atomic mass is 16.3. The van der Waals surface area contributed by atoms with E-state index in [1.807, 2.05) is 12.2 Å². The van der Waals surface area contributed by atoms with Gasteiger partial charge in [-0.3, -0.25) is 4.79 Å². The summed E-state index contributed by atoms with van der Waals surface area (Å²) < 4.78 is 0. The first-order chi connectivity index (χ1) is 8.02. The molecule has 88 valence electrons. The Labute approximate surface area is 100 Å². The molecule has 0 aromatic carbocycles. The van der Waals surface area contributed by atoms with Crippen LogP contribution in [-0.4, -0.2) is 23.2 Å². The van der Waals surface area contributed by atoms with Crippen LogP contribution >= 0.6 is 0 Å². The number of rotatable bonds is 3. The molecular weight excluding hydrogens is 214 g/mol. The van der Waals surface area contributed by atoms with E-state index < -0.39 is 5.54 Å². The molecule has 3 aliphatic carbocycles. The Morgan fingerprint density at radius 1 is 1.47 bits per heavy atom. The molecule has 0 saturated heterocycles. The fourth-order valence-electron chi connectivity index (χ4n) is 2.27. The number of allylic oxidation sites excluding steroid dienone is 6. The van der Waals surface area contributed by atoms with Crippen molar-refractivity contribution < 1.29 is 9.90 Å². The van der Waals surface area contributed by atoms with Gasteiger partial charge in [0.1, 0.15) is 0 Å². The normalized spacial score (nSPS) is 24.3. The third kappa shape index (κ3) is 1.58. The summed E-state index contributed by atoms with van der Waals surface area (Å²) in [5, 5.41) is 12.0. The van der Waals surface area contributed by atoms with Crippen LogP contribution in [0.2, 0.25) is 0 Å². The molecule has 0 radical (unpaired) electrons. The second-order valence-corrected chi connectivity index (χ2v) is 5.40. The van der Waals surface area contributed by atoms with Gasteiger partial charge in [-0.1, -0.05) is 12.2 Å². The Kier molecular flexibility index (Phi) is 1.98. The molecule has 0 fully saturated rings. The molecule has 3 aliphatic rings. The molecule has 0 aromatic rings. The van der Waals surface area contributed by atoms with Crippen molar-refractivity contribution in [3.8, 4) is 0 Å². The number of nitrogens with one attached hydrogen (secondary N) is 1. The average Bonchev–Trinajstić information content (AvgIpc) is 2.75. The van der Waals surface area contributed by atoms with Crippen molar-refractivity contribution >= 4 is 5.91 Å². The van der Waals surface area contributed by atoms with Crippen molar-refractivity contribution in [3.63, 3.8) is 0 Å². The van der Waals surface area contributed by atoms with Gasteiger partial charge in [-0.25, -0.2) is 0 Å². The van der Waals surface area contributed by atoms with E-state index in [4.69, 9.17) is 5.11 Å². The number of aliphatic hydroxyl groups excluding tert-OH is 1. The first kappa shape index (κ1) is 10.5. The van der Waals surface area contributed by atoms with Gasteiger partial charge in [-0.2, -0.15) is 0 Å². The van der Waals surface area contributed by atoms with Crippen LogP contribution in [0.15, 0.2) is 46.6 Å². The average molecular weight is 229 g/mol. The highest BCUT2D eigenvalue weighted by Crippen LogP contribution is 2.51. The van der Waals surface area contributed by atoms with E-state index in [0.717, 1.165) is 11.1 Å². The maximum absolute atomic E-state index is 12.1. The van der Waals surface area contributed by atoms with Crippen LogP contribution < -0.4 is 5.32 Å². The van der Waals surface area contributed by atoms with Crippen molar-refractivity contribution in [2.75, 3.05) is 6.61 Å². The fraction of sp³-hybridized carbons (Fsp3) is 0.357. The smallest absolute Gasteiger partial charge is 0.252 e.